The summed E-state index contributed by atoms with van der Waals surface area (Å²) in [7, 11) is 0. The van der Waals surface area contributed by atoms with E-state index in [-0.39, 0.29) is 18.4 Å². The first-order valence-corrected chi connectivity index (χ1v) is 7.90. The lowest BCUT2D eigenvalue weighted by atomic mass is 9.89. The molecule has 1 amide bonds. The van der Waals surface area contributed by atoms with Crippen LogP contribution in [0.1, 0.15) is 22.8 Å². The molecule has 0 spiro atoms. The summed E-state index contributed by atoms with van der Waals surface area (Å²) in [4.78, 5) is 26.6. The van der Waals surface area contributed by atoms with Crippen molar-refractivity contribution in [1.82, 2.24) is 4.90 Å². The molecule has 2 aromatic rings. The van der Waals surface area contributed by atoms with Crippen molar-refractivity contribution in [2.24, 2.45) is 0 Å². The number of benzene rings is 2. The highest BCUT2D eigenvalue weighted by Crippen LogP contribution is 2.33. The van der Waals surface area contributed by atoms with E-state index in [1.807, 2.05) is 43.3 Å². The molecule has 2 atom stereocenters. The molecule has 4 heteroatoms. The van der Waals surface area contributed by atoms with Crippen LogP contribution < -0.4 is 0 Å². The van der Waals surface area contributed by atoms with E-state index < -0.39 is 11.5 Å². The van der Waals surface area contributed by atoms with Crippen molar-refractivity contribution >= 4 is 11.9 Å². The summed E-state index contributed by atoms with van der Waals surface area (Å²) < 4.78 is 0. The van der Waals surface area contributed by atoms with Crippen molar-refractivity contribution in [1.29, 1.82) is 0 Å². The molecular weight excluding hydrogens is 302 g/mol. The number of carbonyl (C=O) groups is 2. The van der Waals surface area contributed by atoms with Gasteiger partial charge in [0.1, 0.15) is 0 Å². The van der Waals surface area contributed by atoms with E-state index in [0.29, 0.717) is 5.56 Å². The van der Waals surface area contributed by atoms with Crippen LogP contribution in [0, 0.1) is 0 Å². The van der Waals surface area contributed by atoms with Crippen molar-refractivity contribution < 1.29 is 14.7 Å². The fraction of sp³-hybridized carbons (Fsp3) is 0.200. The minimum absolute atomic E-state index is 0.239. The Bertz CT molecular complexity index is 770. The minimum Gasteiger partial charge on any atom is -0.479 e. The third-order valence-corrected chi connectivity index (χ3v) is 4.41. The Hall–Kier alpha value is -2.88. The Labute approximate surface area is 141 Å². The number of carbonyl (C=O) groups excluding carboxylic acids is 1. The second-order valence-corrected chi connectivity index (χ2v) is 6.03. The second kappa shape index (κ2) is 6.32. The molecule has 122 valence electrons. The van der Waals surface area contributed by atoms with Gasteiger partial charge in [0, 0.05) is 18.0 Å². The first-order chi connectivity index (χ1) is 11.5. The first-order valence-electron chi connectivity index (χ1n) is 7.90. The summed E-state index contributed by atoms with van der Waals surface area (Å²) in [5, 5.41) is 9.96. The molecule has 0 bridgehead atoms. The molecule has 0 saturated carbocycles. The van der Waals surface area contributed by atoms with Gasteiger partial charge in [0.05, 0.1) is 0 Å². The SMILES string of the molecule is CC1C=C[C@](Cc2ccccc2)(C(=O)O)N1C(=O)c1ccccc1. The molecule has 3 rings (SSSR count). The van der Waals surface area contributed by atoms with Gasteiger partial charge in [0.15, 0.2) is 5.54 Å². The fourth-order valence-corrected chi connectivity index (χ4v) is 3.22. The molecule has 0 radical (unpaired) electrons. The van der Waals surface area contributed by atoms with Crippen LogP contribution in [-0.4, -0.2) is 33.5 Å². The fourth-order valence-electron chi connectivity index (χ4n) is 3.22. The molecule has 0 fully saturated rings. The number of rotatable bonds is 4. The van der Waals surface area contributed by atoms with Crippen molar-refractivity contribution in [2.45, 2.75) is 24.9 Å². The summed E-state index contributed by atoms with van der Waals surface area (Å²) >= 11 is 0. The predicted octanol–water partition coefficient (Wildman–Crippen LogP) is 3.15. The van der Waals surface area contributed by atoms with E-state index in [2.05, 4.69) is 0 Å². The highest BCUT2D eigenvalue weighted by molar-refractivity contribution is 5.99. The molecule has 0 saturated heterocycles. The van der Waals surface area contributed by atoms with Gasteiger partial charge >= 0.3 is 5.97 Å². The monoisotopic (exact) mass is 321 g/mol. The van der Waals surface area contributed by atoms with Crippen molar-refractivity contribution in [3.8, 4) is 0 Å². The number of hydrogen-bond acceptors (Lipinski definition) is 2. The molecule has 24 heavy (non-hydrogen) atoms. The quantitative estimate of drug-likeness (QED) is 0.880. The molecule has 1 N–H and O–H groups in total. The van der Waals surface area contributed by atoms with Crippen LogP contribution in [0.15, 0.2) is 72.8 Å². The maximum absolute atomic E-state index is 13.0. The molecular formula is C20H19NO3. The maximum atomic E-state index is 13.0. The van der Waals surface area contributed by atoms with Crippen LogP contribution in [0.4, 0.5) is 0 Å². The summed E-state index contributed by atoms with van der Waals surface area (Å²) in [5.41, 5.74) is 0.00416. The number of hydrogen-bond donors (Lipinski definition) is 1. The van der Waals surface area contributed by atoms with Gasteiger partial charge in [-0.1, -0.05) is 54.6 Å². The van der Waals surface area contributed by atoms with E-state index in [4.69, 9.17) is 0 Å². The first kappa shape index (κ1) is 16.0. The lowest BCUT2D eigenvalue weighted by Crippen LogP contribution is -2.57. The third kappa shape index (κ3) is 2.71. The highest BCUT2D eigenvalue weighted by Gasteiger charge is 2.49. The molecule has 0 aliphatic carbocycles. The number of amides is 1. The molecule has 1 aliphatic rings. The van der Waals surface area contributed by atoms with Gasteiger partial charge in [-0.2, -0.15) is 0 Å². The van der Waals surface area contributed by atoms with Crippen LogP contribution in [0.2, 0.25) is 0 Å². The van der Waals surface area contributed by atoms with Crippen LogP contribution in [0.3, 0.4) is 0 Å². The number of carboxylic acid groups (broad SMARTS) is 1. The van der Waals surface area contributed by atoms with Crippen molar-refractivity contribution in [3.63, 3.8) is 0 Å². The average molecular weight is 321 g/mol. The smallest absolute Gasteiger partial charge is 0.334 e. The molecule has 1 aliphatic heterocycles. The van der Waals surface area contributed by atoms with E-state index in [9.17, 15) is 14.7 Å². The summed E-state index contributed by atoms with van der Waals surface area (Å²) in [6, 6.07) is 17.9. The molecule has 1 unspecified atom stereocenters. The Morgan fingerprint density at radius 1 is 1.04 bits per heavy atom. The average Bonchev–Trinajstić information content (AvgIpc) is 2.93. The van der Waals surface area contributed by atoms with Crippen molar-refractivity contribution in [3.05, 3.63) is 83.9 Å². The lowest BCUT2D eigenvalue weighted by Gasteiger charge is -2.37. The van der Waals surface area contributed by atoms with E-state index in [1.165, 1.54) is 4.90 Å². The predicted molar refractivity (Wildman–Crippen MR) is 91.7 cm³/mol. The summed E-state index contributed by atoms with van der Waals surface area (Å²) in [6.45, 7) is 1.84. The molecule has 2 aromatic carbocycles. The Morgan fingerprint density at radius 2 is 1.62 bits per heavy atom. The largest absolute Gasteiger partial charge is 0.479 e. The normalized spacial score (nSPS) is 22.5. The van der Waals surface area contributed by atoms with Gasteiger partial charge in [0.25, 0.3) is 5.91 Å². The maximum Gasteiger partial charge on any atom is 0.334 e. The van der Waals surface area contributed by atoms with Gasteiger partial charge < -0.3 is 10.0 Å². The van der Waals surface area contributed by atoms with Gasteiger partial charge in [-0.15, -0.1) is 0 Å². The standard InChI is InChI=1S/C20H19NO3/c1-15-12-13-20(19(23)24,14-16-8-4-2-5-9-16)21(15)18(22)17-10-6-3-7-11-17/h2-13,15H,14H2,1H3,(H,23,24)/t15?,20-/m0/s1. The third-order valence-electron chi connectivity index (χ3n) is 4.41. The topological polar surface area (TPSA) is 57.6 Å². The number of nitrogens with zero attached hydrogens (tertiary/aromatic N) is 1. The molecule has 4 nitrogen and oxygen atoms in total. The molecule has 1 heterocycles. The Balaban J connectivity index is 2.02. The second-order valence-electron chi connectivity index (χ2n) is 6.03. The molecule has 0 aromatic heterocycles. The van der Waals surface area contributed by atoms with E-state index in [1.54, 1.807) is 36.4 Å². The Morgan fingerprint density at radius 3 is 2.21 bits per heavy atom. The van der Waals surface area contributed by atoms with Gasteiger partial charge in [0.2, 0.25) is 0 Å². The minimum atomic E-state index is -1.37. The van der Waals surface area contributed by atoms with Gasteiger partial charge in [-0.3, -0.25) is 4.79 Å². The zero-order valence-electron chi connectivity index (χ0n) is 13.4. The highest BCUT2D eigenvalue weighted by atomic mass is 16.4. The summed E-state index contributed by atoms with van der Waals surface area (Å²) in [6.07, 6.45) is 3.67. The zero-order valence-corrected chi connectivity index (χ0v) is 13.4. The lowest BCUT2D eigenvalue weighted by molar-refractivity contribution is -0.146. The van der Waals surface area contributed by atoms with Crippen molar-refractivity contribution in [2.75, 3.05) is 0 Å². The van der Waals surface area contributed by atoms with E-state index in [0.717, 1.165) is 5.56 Å². The van der Waals surface area contributed by atoms with Crippen LogP contribution in [-0.2, 0) is 11.2 Å². The van der Waals surface area contributed by atoms with Gasteiger partial charge in [-0.25, -0.2) is 4.79 Å². The van der Waals surface area contributed by atoms with Crippen LogP contribution >= 0.6 is 0 Å². The van der Waals surface area contributed by atoms with E-state index >= 15 is 0 Å². The van der Waals surface area contributed by atoms with Gasteiger partial charge in [-0.05, 0) is 30.7 Å². The van der Waals surface area contributed by atoms with Crippen LogP contribution in [0.25, 0.3) is 0 Å². The number of carboxylic acids is 1. The Kier molecular flexibility index (Phi) is 4.21. The number of aliphatic carboxylic acids is 1. The zero-order chi connectivity index (χ0) is 17.2. The van der Waals surface area contributed by atoms with Crippen LogP contribution in [0.5, 0.6) is 0 Å². The summed E-state index contributed by atoms with van der Waals surface area (Å²) in [5.74, 6) is -1.29.